The molecule has 1 N–H and O–H groups in total. The largest absolute Gasteiger partial charge is 0.456 e. The molecule has 0 spiro atoms. The van der Waals surface area contributed by atoms with E-state index < -0.39 is 11.8 Å². The maximum Gasteiger partial charge on any atom is 0.303 e. The molecule has 2 heterocycles. The van der Waals surface area contributed by atoms with Crippen molar-refractivity contribution in [3.8, 4) is 0 Å². The monoisotopic (exact) mass is 402 g/mol. The maximum atomic E-state index is 14.2. The van der Waals surface area contributed by atoms with Crippen molar-refractivity contribution < 1.29 is 18.7 Å². The van der Waals surface area contributed by atoms with Gasteiger partial charge >= 0.3 is 5.97 Å². The third-order valence-corrected chi connectivity index (χ3v) is 4.75. The number of nitrogens with zero attached hydrogens (tertiary/aromatic N) is 1. The third kappa shape index (κ3) is 2.95. The van der Waals surface area contributed by atoms with Gasteiger partial charge in [0.2, 0.25) is 0 Å². The molecular weight excluding hydrogens is 391 g/mol. The van der Waals surface area contributed by atoms with Crippen LogP contribution in [0.3, 0.4) is 0 Å². The zero-order chi connectivity index (χ0) is 16.7. The lowest BCUT2D eigenvalue weighted by molar-refractivity contribution is -0.150. The molecule has 0 fully saturated rings. The Kier molecular flexibility index (Phi) is 4.33. The highest BCUT2D eigenvalue weighted by Crippen LogP contribution is 2.37. The summed E-state index contributed by atoms with van der Waals surface area (Å²) in [4.78, 5) is 27.6. The number of amides is 1. The zero-order valence-corrected chi connectivity index (χ0v) is 14.6. The lowest BCUT2D eigenvalue weighted by atomic mass is 10.0. The van der Waals surface area contributed by atoms with Crippen molar-refractivity contribution in [2.45, 2.75) is 19.9 Å². The summed E-state index contributed by atoms with van der Waals surface area (Å²) in [5.41, 5.74) is 2.08. The average Bonchev–Trinajstić information content (AvgIpc) is 2.89. The molecule has 8 heteroatoms. The summed E-state index contributed by atoms with van der Waals surface area (Å²) in [5.74, 6) is -1.27. The molecule has 1 aromatic carbocycles. The van der Waals surface area contributed by atoms with E-state index >= 15 is 0 Å². The van der Waals surface area contributed by atoms with Crippen molar-refractivity contribution >= 4 is 50.3 Å². The molecule has 0 bridgehead atoms. The van der Waals surface area contributed by atoms with E-state index in [1.165, 1.54) is 13.0 Å². The lowest BCUT2D eigenvalue weighted by Crippen LogP contribution is -2.38. The molecule has 23 heavy (non-hydrogen) atoms. The fourth-order valence-electron chi connectivity index (χ4n) is 2.76. The number of H-pyrrole nitrogens is 1. The predicted molar refractivity (Wildman–Crippen MR) is 86.7 cm³/mol. The zero-order valence-electron chi connectivity index (χ0n) is 12.2. The maximum absolute atomic E-state index is 14.2. The van der Waals surface area contributed by atoms with Gasteiger partial charge in [-0.1, -0.05) is 27.5 Å². The SMILES string of the molecule is CC(=O)OCC(=O)N1CCc2[nH]c3c(F)c(Cl)cc(Br)c3c2C1. The van der Waals surface area contributed by atoms with Crippen LogP contribution >= 0.6 is 27.5 Å². The Morgan fingerprint density at radius 1 is 1.52 bits per heavy atom. The van der Waals surface area contributed by atoms with Crippen LogP contribution in [0.5, 0.6) is 0 Å². The Bertz CT molecular complexity index is 821. The summed E-state index contributed by atoms with van der Waals surface area (Å²) in [5, 5.41) is 0.720. The molecule has 5 nitrogen and oxygen atoms in total. The first-order chi connectivity index (χ1) is 10.9. The Morgan fingerprint density at radius 2 is 2.26 bits per heavy atom. The summed E-state index contributed by atoms with van der Waals surface area (Å²) in [6.45, 7) is 1.78. The van der Waals surface area contributed by atoms with E-state index in [0.717, 1.165) is 11.3 Å². The topological polar surface area (TPSA) is 62.4 Å². The molecule has 1 aromatic heterocycles. The van der Waals surface area contributed by atoms with E-state index in [0.29, 0.717) is 34.9 Å². The van der Waals surface area contributed by atoms with Gasteiger partial charge in [-0.25, -0.2) is 4.39 Å². The van der Waals surface area contributed by atoms with Gasteiger partial charge in [-0.05, 0) is 6.07 Å². The van der Waals surface area contributed by atoms with Gasteiger partial charge in [0.15, 0.2) is 12.4 Å². The highest BCUT2D eigenvalue weighted by atomic mass is 79.9. The first kappa shape index (κ1) is 16.3. The van der Waals surface area contributed by atoms with E-state index in [-0.39, 0.29) is 17.5 Å². The number of aromatic nitrogens is 1. The summed E-state index contributed by atoms with van der Waals surface area (Å²) >= 11 is 9.27. The number of fused-ring (bicyclic) bond motifs is 3. The van der Waals surface area contributed by atoms with Gasteiger partial charge in [0.25, 0.3) is 5.91 Å². The van der Waals surface area contributed by atoms with E-state index in [2.05, 4.69) is 20.9 Å². The number of esters is 1. The standard InChI is InChI=1S/C15H13BrClFN2O3/c1-7(21)23-6-12(22)20-3-2-11-8(5-20)13-9(16)4-10(17)14(18)15(13)19-11/h4,19H,2-3,5-6H2,1H3. The Morgan fingerprint density at radius 3 is 2.96 bits per heavy atom. The molecule has 0 saturated carbocycles. The van der Waals surface area contributed by atoms with Gasteiger partial charge in [0.05, 0.1) is 10.5 Å². The predicted octanol–water partition coefficient (Wildman–Crippen LogP) is 3.17. The van der Waals surface area contributed by atoms with Crippen molar-refractivity contribution in [2.75, 3.05) is 13.2 Å². The molecule has 0 radical (unpaired) electrons. The summed E-state index contributed by atoms with van der Waals surface area (Å²) in [7, 11) is 0. The second-order valence-corrected chi connectivity index (χ2v) is 6.59. The highest BCUT2D eigenvalue weighted by molar-refractivity contribution is 9.10. The highest BCUT2D eigenvalue weighted by Gasteiger charge is 2.27. The van der Waals surface area contributed by atoms with Crippen LogP contribution in [0, 0.1) is 5.82 Å². The Labute approximate surface area is 144 Å². The van der Waals surface area contributed by atoms with Crippen LogP contribution in [0.2, 0.25) is 5.02 Å². The van der Waals surface area contributed by atoms with E-state index in [9.17, 15) is 14.0 Å². The second kappa shape index (κ2) is 6.13. The van der Waals surface area contributed by atoms with E-state index in [1.54, 1.807) is 4.90 Å². The molecule has 1 aliphatic heterocycles. The normalized spacial score (nSPS) is 14.0. The minimum Gasteiger partial charge on any atom is -0.456 e. The summed E-state index contributed by atoms with van der Waals surface area (Å²) in [6, 6.07) is 1.51. The summed E-state index contributed by atoms with van der Waals surface area (Å²) in [6.07, 6.45) is 0.569. The number of rotatable bonds is 2. The number of nitrogens with one attached hydrogen (secondary N) is 1. The number of halogens is 3. The molecule has 0 aliphatic carbocycles. The number of hydrogen-bond donors (Lipinski definition) is 1. The molecule has 1 amide bonds. The van der Waals surface area contributed by atoms with Gasteiger partial charge in [-0.2, -0.15) is 0 Å². The van der Waals surface area contributed by atoms with E-state index in [4.69, 9.17) is 16.3 Å². The minimum absolute atomic E-state index is 0.0331. The van der Waals surface area contributed by atoms with Crippen LogP contribution in [0.4, 0.5) is 4.39 Å². The van der Waals surface area contributed by atoms with Gasteiger partial charge in [0, 0.05) is 47.6 Å². The molecule has 0 atom stereocenters. The van der Waals surface area contributed by atoms with Crippen LogP contribution in [-0.4, -0.2) is 34.9 Å². The first-order valence-electron chi connectivity index (χ1n) is 6.96. The number of ether oxygens (including phenoxy) is 1. The van der Waals surface area contributed by atoms with Crippen molar-refractivity contribution in [1.29, 1.82) is 0 Å². The number of carbonyl (C=O) groups is 2. The van der Waals surface area contributed by atoms with Crippen LogP contribution in [0.1, 0.15) is 18.2 Å². The smallest absolute Gasteiger partial charge is 0.303 e. The molecule has 122 valence electrons. The summed E-state index contributed by atoms with van der Waals surface area (Å²) < 4.78 is 19.6. The Hall–Kier alpha value is -1.60. The fourth-order valence-corrected chi connectivity index (χ4v) is 3.76. The van der Waals surface area contributed by atoms with Crippen molar-refractivity contribution in [3.05, 3.63) is 32.6 Å². The average molecular weight is 404 g/mol. The molecule has 2 aromatic rings. The van der Waals surface area contributed by atoms with Crippen molar-refractivity contribution in [1.82, 2.24) is 9.88 Å². The number of aromatic amines is 1. The van der Waals surface area contributed by atoms with Crippen molar-refractivity contribution in [3.63, 3.8) is 0 Å². The van der Waals surface area contributed by atoms with Gasteiger partial charge in [0.1, 0.15) is 0 Å². The van der Waals surface area contributed by atoms with Crippen LogP contribution < -0.4 is 0 Å². The molecule has 3 rings (SSSR count). The third-order valence-electron chi connectivity index (χ3n) is 3.85. The first-order valence-corrected chi connectivity index (χ1v) is 8.13. The second-order valence-electron chi connectivity index (χ2n) is 5.33. The minimum atomic E-state index is -0.503. The molecule has 0 saturated heterocycles. The van der Waals surface area contributed by atoms with E-state index in [1.807, 2.05) is 0 Å². The van der Waals surface area contributed by atoms with Crippen molar-refractivity contribution in [2.24, 2.45) is 0 Å². The molecule has 1 aliphatic rings. The number of benzene rings is 1. The lowest BCUT2D eigenvalue weighted by Gasteiger charge is -2.27. The quantitative estimate of drug-likeness (QED) is 0.619. The van der Waals surface area contributed by atoms with Crippen LogP contribution in [0.25, 0.3) is 10.9 Å². The van der Waals surface area contributed by atoms with Gasteiger partial charge < -0.3 is 14.6 Å². The van der Waals surface area contributed by atoms with Gasteiger partial charge in [-0.3, -0.25) is 9.59 Å². The van der Waals surface area contributed by atoms with Crippen LogP contribution in [0.15, 0.2) is 10.5 Å². The number of hydrogen-bond acceptors (Lipinski definition) is 3. The van der Waals surface area contributed by atoms with Crippen LogP contribution in [-0.2, 0) is 27.3 Å². The Balaban J connectivity index is 1.94. The fraction of sp³-hybridized carbons (Fsp3) is 0.333. The van der Waals surface area contributed by atoms with Gasteiger partial charge in [-0.15, -0.1) is 0 Å². The molecule has 0 unspecified atom stereocenters. The molecular formula is C15H13BrClFN2O3. The number of carbonyl (C=O) groups excluding carboxylic acids is 2.